The zero-order valence-electron chi connectivity index (χ0n) is 24.4. The van der Waals surface area contributed by atoms with Gasteiger partial charge < -0.3 is 36.6 Å². The summed E-state index contributed by atoms with van der Waals surface area (Å²) in [6.45, 7) is 0.840. The lowest BCUT2D eigenvalue weighted by molar-refractivity contribution is -0.138. The van der Waals surface area contributed by atoms with Crippen LogP contribution in [-0.4, -0.2) is 79.6 Å². The number of guanidine groups is 1. The van der Waals surface area contributed by atoms with E-state index in [1.165, 1.54) is 12.1 Å². The lowest BCUT2D eigenvalue weighted by atomic mass is 10.1. The topological polar surface area (TPSA) is 256 Å². The van der Waals surface area contributed by atoms with E-state index in [1.54, 1.807) is 49.4 Å². The molecular formula is C28H36N6O10S. The molecule has 244 valence electrons. The average molecular weight is 649 g/mol. The van der Waals surface area contributed by atoms with E-state index >= 15 is 0 Å². The Balaban J connectivity index is 2.05. The Bertz CT molecular complexity index is 1470. The summed E-state index contributed by atoms with van der Waals surface area (Å²) in [5.41, 5.74) is 7.24. The number of nitrogens with zero attached hydrogens (tertiary/aromatic N) is 1. The van der Waals surface area contributed by atoms with Crippen LogP contribution >= 0.6 is 0 Å². The summed E-state index contributed by atoms with van der Waals surface area (Å²) in [5, 5.41) is 24.9. The highest BCUT2D eigenvalue weighted by molar-refractivity contribution is 7.90. The molecular weight excluding hydrogens is 612 g/mol. The van der Waals surface area contributed by atoms with E-state index in [9.17, 15) is 32.4 Å². The fraction of sp³-hybridized carbons (Fsp3) is 0.357. The average Bonchev–Trinajstić information content (AvgIpc) is 2.98. The summed E-state index contributed by atoms with van der Waals surface area (Å²) in [7, 11) is -3.99. The number of sulfonamides is 1. The number of aliphatic carboxylic acids is 2. The minimum atomic E-state index is -3.99. The highest BCUT2D eigenvalue weighted by Gasteiger charge is 2.28. The largest absolute Gasteiger partial charge is 0.481 e. The normalized spacial score (nSPS) is 12.7. The van der Waals surface area contributed by atoms with Crippen molar-refractivity contribution in [1.29, 1.82) is 0 Å². The van der Waals surface area contributed by atoms with Crippen molar-refractivity contribution >= 4 is 45.8 Å². The van der Waals surface area contributed by atoms with Gasteiger partial charge in [-0.25, -0.2) is 17.9 Å². The van der Waals surface area contributed by atoms with Gasteiger partial charge in [0.25, 0.3) is 10.0 Å². The Morgan fingerprint density at radius 3 is 2.16 bits per heavy atom. The van der Waals surface area contributed by atoms with Crippen LogP contribution < -0.4 is 26.4 Å². The van der Waals surface area contributed by atoms with Gasteiger partial charge in [-0.2, -0.15) is 0 Å². The second-order valence-electron chi connectivity index (χ2n) is 9.69. The summed E-state index contributed by atoms with van der Waals surface area (Å²) >= 11 is 0. The number of hydrogen-bond donors (Lipinski definition) is 7. The van der Waals surface area contributed by atoms with Gasteiger partial charge in [0, 0.05) is 13.0 Å². The molecule has 0 aliphatic heterocycles. The Morgan fingerprint density at radius 1 is 0.889 bits per heavy atom. The molecule has 0 aliphatic carbocycles. The Labute approximate surface area is 259 Å². The molecule has 2 aromatic rings. The van der Waals surface area contributed by atoms with Crippen LogP contribution in [0.3, 0.4) is 0 Å². The molecule has 0 radical (unpaired) electrons. The quantitative estimate of drug-likeness (QED) is 0.0693. The molecule has 8 N–H and O–H groups in total. The van der Waals surface area contributed by atoms with E-state index in [0.717, 1.165) is 5.56 Å². The maximum absolute atomic E-state index is 13.1. The van der Waals surface area contributed by atoms with Crippen molar-refractivity contribution < 1.29 is 47.3 Å². The monoisotopic (exact) mass is 648 g/mol. The molecule has 2 rings (SSSR count). The van der Waals surface area contributed by atoms with Crippen molar-refractivity contribution in [3.63, 3.8) is 0 Å². The molecule has 2 atom stereocenters. The summed E-state index contributed by atoms with van der Waals surface area (Å²) in [6.07, 6.45) is -1.88. The van der Waals surface area contributed by atoms with Crippen molar-refractivity contribution in [2.45, 2.75) is 56.2 Å². The summed E-state index contributed by atoms with van der Waals surface area (Å²) in [5.74, 6) is -4.78. The lowest BCUT2D eigenvalue weighted by Crippen LogP contribution is -2.54. The Kier molecular flexibility index (Phi) is 14.3. The highest BCUT2D eigenvalue weighted by atomic mass is 32.2. The maximum Gasteiger partial charge on any atom is 0.408 e. The molecule has 3 amide bonds. The first kappa shape index (κ1) is 36.0. The third-order valence-electron chi connectivity index (χ3n) is 6.02. The maximum atomic E-state index is 13.1. The van der Waals surface area contributed by atoms with E-state index in [-0.39, 0.29) is 37.3 Å². The van der Waals surface area contributed by atoms with Crippen molar-refractivity contribution in [2.24, 2.45) is 10.7 Å². The molecule has 0 saturated carbocycles. The van der Waals surface area contributed by atoms with E-state index in [0.29, 0.717) is 5.56 Å². The van der Waals surface area contributed by atoms with Gasteiger partial charge in [-0.3, -0.25) is 24.2 Å². The van der Waals surface area contributed by atoms with Crippen molar-refractivity contribution in [1.82, 2.24) is 20.7 Å². The number of carbonyl (C=O) groups excluding carboxylic acids is 3. The molecule has 16 nitrogen and oxygen atoms in total. The lowest BCUT2D eigenvalue weighted by Gasteiger charge is -2.22. The Morgan fingerprint density at radius 2 is 1.53 bits per heavy atom. The van der Waals surface area contributed by atoms with E-state index in [4.69, 9.17) is 20.7 Å². The number of nitrogens with two attached hydrogens (primary N) is 1. The number of alkyl carbamates (subject to hydrolysis) is 1. The third-order valence-corrected chi connectivity index (χ3v) is 7.39. The molecule has 0 aromatic heterocycles. The number of rotatable bonds is 17. The van der Waals surface area contributed by atoms with E-state index < -0.39 is 70.9 Å². The summed E-state index contributed by atoms with van der Waals surface area (Å²) < 4.78 is 32.2. The van der Waals surface area contributed by atoms with Gasteiger partial charge >= 0.3 is 18.0 Å². The number of aryl methyl sites for hydroxylation is 1. The first-order valence-corrected chi connectivity index (χ1v) is 15.1. The van der Waals surface area contributed by atoms with Crippen LogP contribution in [0.15, 0.2) is 64.5 Å². The van der Waals surface area contributed by atoms with Crippen LogP contribution in [0.2, 0.25) is 0 Å². The van der Waals surface area contributed by atoms with Crippen molar-refractivity contribution in [2.75, 3.05) is 13.1 Å². The van der Waals surface area contributed by atoms with Crippen molar-refractivity contribution in [3.05, 3.63) is 65.7 Å². The molecule has 45 heavy (non-hydrogen) atoms. The zero-order chi connectivity index (χ0) is 33.4. The summed E-state index contributed by atoms with van der Waals surface area (Å²) in [4.78, 5) is 64.2. The second kappa shape index (κ2) is 17.8. The fourth-order valence-electron chi connectivity index (χ4n) is 3.71. The highest BCUT2D eigenvalue weighted by Crippen LogP contribution is 2.10. The van der Waals surface area contributed by atoms with Gasteiger partial charge in [0.15, 0.2) is 0 Å². The smallest absolute Gasteiger partial charge is 0.408 e. The molecule has 0 unspecified atom stereocenters. The van der Waals surface area contributed by atoms with Gasteiger partial charge in [-0.1, -0.05) is 48.0 Å². The van der Waals surface area contributed by atoms with Gasteiger partial charge in [0.1, 0.15) is 25.2 Å². The van der Waals surface area contributed by atoms with Gasteiger partial charge in [0.05, 0.1) is 4.90 Å². The SMILES string of the molecule is Cc1ccc(S(=O)(=O)NC(N)=NCCC[C@@H](NC(=O)[C@H](CCC(=O)O)NC(=O)OCc2ccccc2)C(=O)NCC(=O)O)cc1. The van der Waals surface area contributed by atoms with Crippen LogP contribution in [0.25, 0.3) is 0 Å². The molecule has 0 bridgehead atoms. The number of ether oxygens (including phenoxy) is 1. The minimum Gasteiger partial charge on any atom is -0.481 e. The van der Waals surface area contributed by atoms with Crippen LogP contribution in [0, 0.1) is 6.92 Å². The number of nitrogens with one attached hydrogen (secondary N) is 4. The van der Waals surface area contributed by atoms with Gasteiger partial charge in [-0.15, -0.1) is 0 Å². The first-order chi connectivity index (χ1) is 21.3. The van der Waals surface area contributed by atoms with Crippen LogP contribution in [0.5, 0.6) is 0 Å². The van der Waals surface area contributed by atoms with E-state index in [1.807, 2.05) is 0 Å². The predicted octanol–water partition coefficient (Wildman–Crippen LogP) is 0.214. The molecule has 0 saturated heterocycles. The number of benzene rings is 2. The molecule has 0 spiro atoms. The first-order valence-electron chi connectivity index (χ1n) is 13.6. The summed E-state index contributed by atoms with van der Waals surface area (Å²) in [6, 6.07) is 11.9. The molecule has 2 aromatic carbocycles. The van der Waals surface area contributed by atoms with E-state index in [2.05, 4.69) is 25.7 Å². The third kappa shape index (κ3) is 13.8. The minimum absolute atomic E-state index is 0.0286. The number of carbonyl (C=O) groups is 5. The van der Waals surface area contributed by atoms with Crippen molar-refractivity contribution in [3.8, 4) is 0 Å². The number of carboxylic acids is 2. The number of aliphatic imine (C=N–C) groups is 1. The van der Waals surface area contributed by atoms with Crippen LogP contribution in [0.4, 0.5) is 4.79 Å². The molecule has 17 heteroatoms. The molecule has 0 fully saturated rings. The predicted molar refractivity (Wildman–Crippen MR) is 160 cm³/mol. The Hall–Kier alpha value is -5.19. The van der Waals surface area contributed by atoms with Gasteiger partial charge in [-0.05, 0) is 43.9 Å². The molecule has 0 aliphatic rings. The zero-order valence-corrected chi connectivity index (χ0v) is 25.2. The van der Waals surface area contributed by atoms with Crippen LogP contribution in [-0.2, 0) is 40.5 Å². The van der Waals surface area contributed by atoms with Crippen LogP contribution in [0.1, 0.15) is 36.8 Å². The molecule has 0 heterocycles. The van der Waals surface area contributed by atoms with Gasteiger partial charge in [0.2, 0.25) is 17.8 Å². The second-order valence-corrected chi connectivity index (χ2v) is 11.4. The number of hydrogen-bond acceptors (Lipinski definition) is 9. The number of amides is 3. The standard InChI is InChI=1S/C28H36N6O10S/c1-18-9-11-20(12-10-18)45(42,43)34-27(29)30-15-5-8-21(25(39)31-16-24(37)38)32-26(40)22(13-14-23(35)36)33-28(41)44-17-19-6-3-2-4-7-19/h2-4,6-7,9-12,21-22H,5,8,13-17H2,1H3,(H,31,39)(H,32,40)(H,33,41)(H,35,36)(H,37,38)(H3,29,30,34)/t21-,22+/m1/s1. The fourth-order valence-corrected chi connectivity index (χ4v) is 4.66. The number of carboxylic acid groups (broad SMARTS) is 2.